The molecule has 8 heteroatoms. The Kier molecular flexibility index (Phi) is 4.52. The zero-order valence-electron chi connectivity index (χ0n) is 13.1. The molecule has 0 aliphatic heterocycles. The SMILES string of the molecule is CCOC(=O)c1cc(-c2cc(C)ccn2)n(-c2ccc(Cl)nn2)n1. The highest BCUT2D eigenvalue weighted by Gasteiger charge is 2.19. The van der Waals surface area contributed by atoms with Crippen LogP contribution >= 0.6 is 11.6 Å². The van der Waals surface area contributed by atoms with Crippen LogP contribution in [0.2, 0.25) is 5.15 Å². The minimum absolute atomic E-state index is 0.173. The number of aromatic nitrogens is 5. The van der Waals surface area contributed by atoms with Gasteiger partial charge in [0.25, 0.3) is 0 Å². The van der Waals surface area contributed by atoms with E-state index in [1.165, 1.54) is 4.68 Å². The quantitative estimate of drug-likeness (QED) is 0.677. The Morgan fingerprint density at radius 1 is 1.25 bits per heavy atom. The van der Waals surface area contributed by atoms with E-state index in [1.54, 1.807) is 31.3 Å². The molecule has 0 saturated carbocycles. The van der Waals surface area contributed by atoms with E-state index >= 15 is 0 Å². The largest absolute Gasteiger partial charge is 0.461 e. The minimum Gasteiger partial charge on any atom is -0.461 e. The number of hydrogen-bond donors (Lipinski definition) is 0. The molecule has 0 unspecified atom stereocenters. The molecule has 0 bridgehead atoms. The van der Waals surface area contributed by atoms with E-state index in [1.807, 2.05) is 19.1 Å². The van der Waals surface area contributed by atoms with Crippen LogP contribution in [0.5, 0.6) is 0 Å². The van der Waals surface area contributed by atoms with Crippen LogP contribution in [0.4, 0.5) is 0 Å². The average molecular weight is 344 g/mol. The van der Waals surface area contributed by atoms with Gasteiger partial charge in [-0.05, 0) is 43.7 Å². The minimum atomic E-state index is -0.507. The average Bonchev–Trinajstić information content (AvgIpc) is 3.01. The number of aryl methyl sites for hydroxylation is 1. The van der Waals surface area contributed by atoms with Crippen molar-refractivity contribution in [3.05, 3.63) is 52.9 Å². The van der Waals surface area contributed by atoms with Gasteiger partial charge in [0.05, 0.1) is 18.0 Å². The topological polar surface area (TPSA) is 82.8 Å². The molecule has 0 aliphatic rings. The summed E-state index contributed by atoms with van der Waals surface area (Å²) in [5.41, 5.74) is 2.48. The van der Waals surface area contributed by atoms with Crippen LogP contribution in [0.15, 0.2) is 36.5 Å². The summed E-state index contributed by atoms with van der Waals surface area (Å²) in [5.74, 6) is -0.0830. The van der Waals surface area contributed by atoms with Gasteiger partial charge in [0, 0.05) is 12.3 Å². The maximum absolute atomic E-state index is 12.0. The van der Waals surface area contributed by atoms with Crippen molar-refractivity contribution in [1.82, 2.24) is 25.0 Å². The molecule has 24 heavy (non-hydrogen) atoms. The summed E-state index contributed by atoms with van der Waals surface area (Å²) >= 11 is 5.78. The van der Waals surface area contributed by atoms with Crippen molar-refractivity contribution in [2.24, 2.45) is 0 Å². The number of ether oxygens (including phenoxy) is 1. The Morgan fingerprint density at radius 3 is 2.75 bits per heavy atom. The van der Waals surface area contributed by atoms with Gasteiger partial charge >= 0.3 is 5.97 Å². The van der Waals surface area contributed by atoms with Crippen LogP contribution in [0, 0.1) is 6.92 Å². The zero-order valence-corrected chi connectivity index (χ0v) is 13.9. The van der Waals surface area contributed by atoms with Gasteiger partial charge in [-0.1, -0.05) is 11.6 Å². The summed E-state index contributed by atoms with van der Waals surface area (Å²) in [6, 6.07) is 8.67. The lowest BCUT2D eigenvalue weighted by atomic mass is 10.2. The summed E-state index contributed by atoms with van der Waals surface area (Å²) in [6.45, 7) is 3.97. The fourth-order valence-electron chi connectivity index (χ4n) is 2.14. The van der Waals surface area contributed by atoms with E-state index in [0.717, 1.165) is 5.56 Å². The summed E-state index contributed by atoms with van der Waals surface area (Å²) in [7, 11) is 0. The Labute approximate surface area is 143 Å². The summed E-state index contributed by atoms with van der Waals surface area (Å²) < 4.78 is 6.52. The van der Waals surface area contributed by atoms with E-state index in [2.05, 4.69) is 20.3 Å². The van der Waals surface area contributed by atoms with Crippen LogP contribution in [0.3, 0.4) is 0 Å². The number of rotatable bonds is 4. The molecule has 3 rings (SSSR count). The smallest absolute Gasteiger partial charge is 0.358 e. The van der Waals surface area contributed by atoms with Gasteiger partial charge in [-0.25, -0.2) is 9.48 Å². The maximum atomic E-state index is 12.0. The van der Waals surface area contributed by atoms with Crippen molar-refractivity contribution in [1.29, 1.82) is 0 Å². The number of carbonyl (C=O) groups is 1. The molecule has 0 radical (unpaired) electrons. The fraction of sp³-hybridized carbons (Fsp3) is 0.188. The predicted molar refractivity (Wildman–Crippen MR) is 88.1 cm³/mol. The number of pyridine rings is 1. The lowest BCUT2D eigenvalue weighted by molar-refractivity contribution is 0.0519. The zero-order chi connectivity index (χ0) is 17.1. The second-order valence-electron chi connectivity index (χ2n) is 4.98. The standard InChI is InChI=1S/C16H14ClN5O2/c1-3-24-16(23)12-9-13(11-8-10(2)6-7-18-11)22(21-12)15-5-4-14(17)19-20-15/h4-9H,3H2,1-2H3. The molecule has 0 saturated heterocycles. The summed E-state index contributed by atoms with van der Waals surface area (Å²) in [5, 5.41) is 12.4. The Morgan fingerprint density at radius 2 is 2.08 bits per heavy atom. The molecule has 122 valence electrons. The second kappa shape index (κ2) is 6.76. The van der Waals surface area contributed by atoms with Crippen LogP contribution in [-0.4, -0.2) is 37.5 Å². The number of esters is 1. The van der Waals surface area contributed by atoms with Crippen LogP contribution in [0.1, 0.15) is 23.0 Å². The van der Waals surface area contributed by atoms with Crippen LogP contribution in [-0.2, 0) is 4.74 Å². The highest BCUT2D eigenvalue weighted by Crippen LogP contribution is 2.23. The van der Waals surface area contributed by atoms with Crippen molar-refractivity contribution >= 4 is 17.6 Å². The first-order valence-electron chi connectivity index (χ1n) is 7.28. The molecule has 3 heterocycles. The first-order valence-corrected chi connectivity index (χ1v) is 7.66. The molecule has 0 aromatic carbocycles. The molecule has 0 spiro atoms. The van der Waals surface area contributed by atoms with E-state index in [9.17, 15) is 4.79 Å². The van der Waals surface area contributed by atoms with Crippen molar-refractivity contribution < 1.29 is 9.53 Å². The lowest BCUT2D eigenvalue weighted by Gasteiger charge is -2.05. The Balaban J connectivity index is 2.14. The Bertz CT molecular complexity index is 876. The fourth-order valence-corrected chi connectivity index (χ4v) is 2.24. The van der Waals surface area contributed by atoms with Gasteiger partial charge < -0.3 is 4.74 Å². The molecule has 0 fully saturated rings. The van der Waals surface area contributed by atoms with Crippen LogP contribution < -0.4 is 0 Å². The number of carbonyl (C=O) groups excluding carboxylic acids is 1. The molecule has 0 N–H and O–H groups in total. The lowest BCUT2D eigenvalue weighted by Crippen LogP contribution is -2.08. The number of hydrogen-bond acceptors (Lipinski definition) is 6. The van der Waals surface area contributed by atoms with Gasteiger partial charge in [0.1, 0.15) is 0 Å². The summed E-state index contributed by atoms with van der Waals surface area (Å²) in [6.07, 6.45) is 1.69. The van der Waals surface area contributed by atoms with Gasteiger partial charge in [0.15, 0.2) is 16.7 Å². The van der Waals surface area contributed by atoms with Crippen LogP contribution in [0.25, 0.3) is 17.2 Å². The Hall–Kier alpha value is -2.80. The second-order valence-corrected chi connectivity index (χ2v) is 5.37. The third kappa shape index (κ3) is 3.26. The van der Waals surface area contributed by atoms with Gasteiger partial charge in [0.2, 0.25) is 0 Å². The molecule has 7 nitrogen and oxygen atoms in total. The van der Waals surface area contributed by atoms with Gasteiger partial charge in [-0.3, -0.25) is 4.98 Å². The number of nitrogens with zero attached hydrogens (tertiary/aromatic N) is 5. The first-order chi connectivity index (χ1) is 11.6. The molecule has 0 atom stereocenters. The van der Waals surface area contributed by atoms with Crippen molar-refractivity contribution in [2.45, 2.75) is 13.8 Å². The maximum Gasteiger partial charge on any atom is 0.358 e. The third-order valence-corrected chi connectivity index (χ3v) is 3.41. The summed E-state index contributed by atoms with van der Waals surface area (Å²) in [4.78, 5) is 16.4. The highest BCUT2D eigenvalue weighted by molar-refractivity contribution is 6.29. The predicted octanol–water partition coefficient (Wildman–Crippen LogP) is 2.86. The highest BCUT2D eigenvalue weighted by atomic mass is 35.5. The molecular weight excluding hydrogens is 330 g/mol. The van der Waals surface area contributed by atoms with E-state index in [-0.39, 0.29) is 17.5 Å². The first kappa shape index (κ1) is 16.1. The molecule has 3 aromatic heterocycles. The van der Waals surface area contributed by atoms with Crippen molar-refractivity contribution in [2.75, 3.05) is 6.61 Å². The van der Waals surface area contributed by atoms with Gasteiger partial charge in [-0.15, -0.1) is 10.2 Å². The van der Waals surface area contributed by atoms with E-state index in [0.29, 0.717) is 17.2 Å². The normalized spacial score (nSPS) is 10.6. The third-order valence-electron chi connectivity index (χ3n) is 3.21. The van der Waals surface area contributed by atoms with Crippen molar-refractivity contribution in [3.8, 4) is 17.2 Å². The number of halogens is 1. The molecular formula is C16H14ClN5O2. The molecule has 3 aromatic rings. The molecule has 0 aliphatic carbocycles. The van der Waals surface area contributed by atoms with E-state index in [4.69, 9.17) is 16.3 Å². The van der Waals surface area contributed by atoms with E-state index < -0.39 is 5.97 Å². The van der Waals surface area contributed by atoms with Gasteiger partial charge in [-0.2, -0.15) is 5.10 Å². The monoisotopic (exact) mass is 343 g/mol. The molecule has 0 amide bonds. The van der Waals surface area contributed by atoms with Crippen molar-refractivity contribution in [3.63, 3.8) is 0 Å².